The summed E-state index contributed by atoms with van der Waals surface area (Å²) in [5.74, 6) is -0.162. The topological polar surface area (TPSA) is 102 Å². The SMILES string of the molecule is O=C(CCc1ncc(-c2ccccc2Cl)o1)NCC1(C(=O)O)CCOCC1. The summed E-state index contributed by atoms with van der Waals surface area (Å²) < 4.78 is 10.9. The molecule has 0 spiro atoms. The van der Waals surface area contributed by atoms with Gasteiger partial charge in [0.2, 0.25) is 5.91 Å². The van der Waals surface area contributed by atoms with Gasteiger partial charge in [-0.2, -0.15) is 0 Å². The molecular formula is C19H21ClN2O5. The van der Waals surface area contributed by atoms with E-state index < -0.39 is 11.4 Å². The van der Waals surface area contributed by atoms with Crippen LogP contribution in [0.3, 0.4) is 0 Å². The molecule has 7 nitrogen and oxygen atoms in total. The van der Waals surface area contributed by atoms with E-state index in [1.807, 2.05) is 18.2 Å². The highest BCUT2D eigenvalue weighted by Gasteiger charge is 2.40. The summed E-state index contributed by atoms with van der Waals surface area (Å²) in [6, 6.07) is 7.28. The largest absolute Gasteiger partial charge is 0.481 e. The normalized spacial score (nSPS) is 16.0. The maximum Gasteiger partial charge on any atom is 0.311 e. The number of carbonyl (C=O) groups is 2. The van der Waals surface area contributed by atoms with E-state index in [0.717, 1.165) is 5.56 Å². The smallest absolute Gasteiger partial charge is 0.311 e. The summed E-state index contributed by atoms with van der Waals surface area (Å²) in [5.41, 5.74) is -0.209. The number of aliphatic carboxylic acids is 1. The van der Waals surface area contributed by atoms with Crippen molar-refractivity contribution >= 4 is 23.5 Å². The predicted octanol–water partition coefficient (Wildman–Crippen LogP) is 2.93. The zero-order chi connectivity index (χ0) is 19.3. The van der Waals surface area contributed by atoms with Crippen molar-refractivity contribution in [1.82, 2.24) is 10.3 Å². The molecule has 3 rings (SSSR count). The Hall–Kier alpha value is -2.38. The number of oxazole rings is 1. The number of hydrogen-bond donors (Lipinski definition) is 2. The zero-order valence-corrected chi connectivity index (χ0v) is 15.5. The van der Waals surface area contributed by atoms with E-state index in [9.17, 15) is 14.7 Å². The minimum Gasteiger partial charge on any atom is -0.481 e. The van der Waals surface area contributed by atoms with Crippen LogP contribution in [0.1, 0.15) is 25.2 Å². The van der Waals surface area contributed by atoms with Gasteiger partial charge in [-0.1, -0.05) is 23.7 Å². The van der Waals surface area contributed by atoms with Crippen molar-refractivity contribution in [2.24, 2.45) is 5.41 Å². The van der Waals surface area contributed by atoms with Crippen LogP contribution in [0.4, 0.5) is 0 Å². The lowest BCUT2D eigenvalue weighted by Gasteiger charge is -2.33. The van der Waals surface area contributed by atoms with Gasteiger partial charge in [-0.05, 0) is 25.0 Å². The van der Waals surface area contributed by atoms with Crippen molar-refractivity contribution < 1.29 is 23.8 Å². The number of carboxylic acid groups (broad SMARTS) is 1. The summed E-state index contributed by atoms with van der Waals surface area (Å²) in [7, 11) is 0. The van der Waals surface area contributed by atoms with Gasteiger partial charge in [0.05, 0.1) is 16.6 Å². The maximum atomic E-state index is 12.1. The van der Waals surface area contributed by atoms with E-state index in [1.165, 1.54) is 0 Å². The molecule has 1 amide bonds. The van der Waals surface area contributed by atoms with Gasteiger partial charge in [0.1, 0.15) is 0 Å². The Morgan fingerprint density at radius 1 is 1.26 bits per heavy atom. The molecule has 1 aliphatic rings. The number of carboxylic acids is 1. The predicted molar refractivity (Wildman–Crippen MR) is 98.4 cm³/mol. The molecule has 0 saturated carbocycles. The number of aryl methyl sites for hydroxylation is 1. The number of ether oxygens (including phenoxy) is 1. The molecule has 0 unspecified atom stereocenters. The Labute approximate surface area is 161 Å². The quantitative estimate of drug-likeness (QED) is 0.751. The summed E-state index contributed by atoms with van der Waals surface area (Å²) in [6.45, 7) is 0.883. The van der Waals surface area contributed by atoms with Gasteiger partial charge in [-0.3, -0.25) is 9.59 Å². The van der Waals surface area contributed by atoms with Crippen LogP contribution in [0.2, 0.25) is 5.02 Å². The molecule has 144 valence electrons. The van der Waals surface area contributed by atoms with Crippen LogP contribution in [0.5, 0.6) is 0 Å². The van der Waals surface area contributed by atoms with Crippen molar-refractivity contribution in [3.05, 3.63) is 41.4 Å². The molecule has 1 fully saturated rings. The Bertz CT molecular complexity index is 814. The Balaban J connectivity index is 1.52. The Morgan fingerprint density at radius 2 is 2.00 bits per heavy atom. The summed E-state index contributed by atoms with van der Waals surface area (Å²) >= 11 is 6.14. The number of halogens is 1. The Kier molecular flexibility index (Phi) is 6.13. The third-order valence-corrected chi connectivity index (χ3v) is 5.12. The van der Waals surface area contributed by atoms with Crippen LogP contribution in [-0.4, -0.2) is 41.7 Å². The van der Waals surface area contributed by atoms with Crippen LogP contribution in [0.15, 0.2) is 34.9 Å². The van der Waals surface area contributed by atoms with Crippen molar-refractivity contribution in [3.8, 4) is 11.3 Å². The molecule has 2 aromatic rings. The molecular weight excluding hydrogens is 372 g/mol. The van der Waals surface area contributed by atoms with E-state index >= 15 is 0 Å². The fourth-order valence-corrected chi connectivity index (χ4v) is 3.25. The fraction of sp³-hybridized carbons (Fsp3) is 0.421. The number of nitrogens with zero attached hydrogens (tertiary/aromatic N) is 1. The Morgan fingerprint density at radius 3 is 2.70 bits per heavy atom. The molecule has 1 aliphatic heterocycles. The zero-order valence-electron chi connectivity index (χ0n) is 14.7. The van der Waals surface area contributed by atoms with Gasteiger partial charge in [0.15, 0.2) is 11.7 Å². The van der Waals surface area contributed by atoms with Crippen molar-refractivity contribution in [1.29, 1.82) is 0 Å². The average Bonchev–Trinajstić information content (AvgIpc) is 3.14. The highest BCUT2D eigenvalue weighted by Crippen LogP contribution is 2.30. The number of benzene rings is 1. The van der Waals surface area contributed by atoms with Gasteiger partial charge < -0.3 is 19.6 Å². The summed E-state index contributed by atoms with van der Waals surface area (Å²) in [5, 5.41) is 12.8. The third kappa shape index (κ3) is 4.67. The van der Waals surface area contributed by atoms with Crippen LogP contribution < -0.4 is 5.32 Å². The number of rotatable bonds is 7. The van der Waals surface area contributed by atoms with E-state index in [4.69, 9.17) is 20.8 Å². The number of aromatic nitrogens is 1. The van der Waals surface area contributed by atoms with Crippen molar-refractivity contribution in [2.45, 2.75) is 25.7 Å². The van der Waals surface area contributed by atoms with Gasteiger partial charge in [0, 0.05) is 38.2 Å². The number of nitrogens with one attached hydrogen (secondary N) is 1. The second-order valence-corrected chi connectivity index (χ2v) is 6.98. The standard InChI is InChI=1S/C19H21ClN2O5/c20-14-4-2-1-3-13(14)15-11-21-17(27-15)6-5-16(23)22-12-19(18(24)25)7-9-26-10-8-19/h1-4,11H,5-10,12H2,(H,22,23)(H,24,25). The van der Waals surface area contributed by atoms with Gasteiger partial charge in [0.25, 0.3) is 0 Å². The number of amides is 1. The maximum absolute atomic E-state index is 12.1. The van der Waals surface area contributed by atoms with E-state index in [-0.39, 0.29) is 18.9 Å². The highest BCUT2D eigenvalue weighted by atomic mass is 35.5. The second kappa shape index (κ2) is 8.54. The fourth-order valence-electron chi connectivity index (χ4n) is 3.02. The first-order valence-electron chi connectivity index (χ1n) is 8.78. The van der Waals surface area contributed by atoms with Crippen LogP contribution >= 0.6 is 11.6 Å². The number of carbonyl (C=O) groups excluding carboxylic acids is 1. The molecule has 0 radical (unpaired) electrons. The molecule has 0 atom stereocenters. The molecule has 1 saturated heterocycles. The van der Waals surface area contributed by atoms with E-state index in [0.29, 0.717) is 49.1 Å². The first-order chi connectivity index (χ1) is 13.0. The van der Waals surface area contributed by atoms with Gasteiger partial charge in [-0.25, -0.2) is 4.98 Å². The van der Waals surface area contributed by atoms with E-state index in [2.05, 4.69) is 10.3 Å². The molecule has 1 aromatic carbocycles. The van der Waals surface area contributed by atoms with E-state index in [1.54, 1.807) is 12.3 Å². The first kappa shape index (κ1) is 19.4. The molecule has 0 aliphatic carbocycles. The van der Waals surface area contributed by atoms with Crippen LogP contribution in [-0.2, 0) is 20.7 Å². The molecule has 0 bridgehead atoms. The van der Waals surface area contributed by atoms with Gasteiger partial charge >= 0.3 is 5.97 Å². The lowest BCUT2D eigenvalue weighted by Crippen LogP contribution is -2.46. The monoisotopic (exact) mass is 392 g/mol. The van der Waals surface area contributed by atoms with Crippen molar-refractivity contribution in [2.75, 3.05) is 19.8 Å². The minimum absolute atomic E-state index is 0.0982. The third-order valence-electron chi connectivity index (χ3n) is 4.79. The van der Waals surface area contributed by atoms with Crippen molar-refractivity contribution in [3.63, 3.8) is 0 Å². The number of hydrogen-bond acceptors (Lipinski definition) is 5. The van der Waals surface area contributed by atoms with Gasteiger partial charge in [-0.15, -0.1) is 0 Å². The lowest BCUT2D eigenvalue weighted by molar-refractivity contribution is -0.154. The molecule has 2 heterocycles. The average molecular weight is 393 g/mol. The molecule has 2 N–H and O–H groups in total. The molecule has 8 heteroatoms. The van der Waals surface area contributed by atoms with Crippen LogP contribution in [0.25, 0.3) is 11.3 Å². The molecule has 1 aromatic heterocycles. The summed E-state index contributed by atoms with van der Waals surface area (Å²) in [6.07, 6.45) is 2.84. The highest BCUT2D eigenvalue weighted by molar-refractivity contribution is 6.33. The lowest BCUT2D eigenvalue weighted by atomic mass is 9.80. The minimum atomic E-state index is -0.950. The summed E-state index contributed by atoms with van der Waals surface area (Å²) in [4.78, 5) is 27.9. The first-order valence-corrected chi connectivity index (χ1v) is 9.15. The van der Waals surface area contributed by atoms with Crippen LogP contribution in [0, 0.1) is 5.41 Å². The molecule has 27 heavy (non-hydrogen) atoms. The second-order valence-electron chi connectivity index (χ2n) is 6.57.